The highest BCUT2D eigenvalue weighted by molar-refractivity contribution is 7.99. The maximum Gasteiger partial charge on any atom is 0.307 e. The summed E-state index contributed by atoms with van der Waals surface area (Å²) in [5.74, 6) is -0.607. The van der Waals surface area contributed by atoms with Crippen molar-refractivity contribution in [2.75, 3.05) is 12.0 Å². The van der Waals surface area contributed by atoms with Gasteiger partial charge in [0.05, 0.1) is 5.92 Å². The molecule has 0 aromatic carbocycles. The number of nitrogens with zero attached hydrogens (tertiary/aromatic N) is 2. The minimum absolute atomic E-state index is 0.359. The van der Waals surface area contributed by atoms with E-state index in [1.54, 1.807) is 18.7 Å². The summed E-state index contributed by atoms with van der Waals surface area (Å²) in [4.78, 5) is 18.7. The average molecular weight is 244 g/mol. The average Bonchev–Trinajstić information content (AvgIpc) is 2.26. The van der Waals surface area contributed by atoms with E-state index >= 15 is 0 Å². The largest absolute Gasteiger partial charge is 0.481 e. The second-order valence-corrected chi connectivity index (χ2v) is 4.82. The van der Waals surface area contributed by atoms with Crippen LogP contribution in [0, 0.1) is 5.92 Å². The Balaban J connectivity index is 2.53. The Labute approximate surface area is 96.9 Å². The Morgan fingerprint density at radius 2 is 2.20 bits per heavy atom. The van der Waals surface area contributed by atoms with Crippen LogP contribution in [0.3, 0.4) is 0 Å². The minimum Gasteiger partial charge on any atom is -0.481 e. The van der Waals surface area contributed by atoms with Crippen LogP contribution in [0.25, 0.3) is 0 Å². The number of hydrogen-bond acceptors (Lipinski definition) is 5. The van der Waals surface area contributed by atoms with E-state index < -0.39 is 5.97 Å². The first-order valence-electron chi connectivity index (χ1n) is 4.35. The second kappa shape index (κ2) is 5.97. The van der Waals surface area contributed by atoms with E-state index in [1.807, 2.05) is 12.3 Å². The van der Waals surface area contributed by atoms with Crippen molar-refractivity contribution < 1.29 is 9.90 Å². The number of carboxylic acids is 1. The van der Waals surface area contributed by atoms with Gasteiger partial charge in [-0.1, -0.05) is 6.92 Å². The van der Waals surface area contributed by atoms with Crippen LogP contribution < -0.4 is 0 Å². The molecule has 0 bridgehead atoms. The quantitative estimate of drug-likeness (QED) is 0.631. The Hall–Kier alpha value is -0.750. The van der Waals surface area contributed by atoms with Crippen LogP contribution in [0.4, 0.5) is 0 Å². The Morgan fingerprint density at radius 1 is 1.53 bits per heavy atom. The van der Waals surface area contributed by atoms with Gasteiger partial charge in [-0.15, -0.1) is 23.5 Å². The van der Waals surface area contributed by atoms with E-state index in [0.717, 1.165) is 10.1 Å². The summed E-state index contributed by atoms with van der Waals surface area (Å²) < 4.78 is 0. The molecule has 0 saturated carbocycles. The number of carbonyl (C=O) groups is 1. The molecule has 6 heteroatoms. The first-order chi connectivity index (χ1) is 7.13. The van der Waals surface area contributed by atoms with Gasteiger partial charge < -0.3 is 5.11 Å². The van der Waals surface area contributed by atoms with Gasteiger partial charge in [0.2, 0.25) is 0 Å². The van der Waals surface area contributed by atoms with Crippen LogP contribution in [0.5, 0.6) is 0 Å². The van der Waals surface area contributed by atoms with E-state index in [9.17, 15) is 4.79 Å². The Bertz CT molecular complexity index is 347. The van der Waals surface area contributed by atoms with Gasteiger partial charge in [0.15, 0.2) is 0 Å². The molecule has 0 aliphatic carbocycles. The van der Waals surface area contributed by atoms with Gasteiger partial charge >= 0.3 is 5.97 Å². The summed E-state index contributed by atoms with van der Waals surface area (Å²) >= 11 is 2.98. The van der Waals surface area contributed by atoms with Crippen LogP contribution in [-0.2, 0) is 4.79 Å². The van der Waals surface area contributed by atoms with Crippen LogP contribution in [-0.4, -0.2) is 33.1 Å². The summed E-state index contributed by atoms with van der Waals surface area (Å²) in [6, 6.07) is 1.86. The topological polar surface area (TPSA) is 63.1 Å². The molecule has 1 N–H and O–H groups in total. The van der Waals surface area contributed by atoms with Crippen molar-refractivity contribution in [2.45, 2.75) is 17.0 Å². The van der Waals surface area contributed by atoms with Crippen LogP contribution >= 0.6 is 23.5 Å². The molecular formula is C9H12N2O2S2. The molecule has 0 aliphatic heterocycles. The fourth-order valence-electron chi connectivity index (χ4n) is 0.795. The standard InChI is InChI=1S/C9H12N2O2S2/c1-6(9(12)13)4-15-8-3-7(14-2)10-5-11-8/h3,5-6H,4H2,1-2H3,(H,12,13). The van der Waals surface area contributed by atoms with Crippen LogP contribution in [0.2, 0.25) is 0 Å². The van der Waals surface area contributed by atoms with Crippen LogP contribution in [0.1, 0.15) is 6.92 Å². The number of thioether (sulfide) groups is 2. The molecule has 0 aliphatic rings. The molecule has 1 heterocycles. The zero-order valence-corrected chi connectivity index (χ0v) is 10.1. The second-order valence-electron chi connectivity index (χ2n) is 2.95. The van der Waals surface area contributed by atoms with Gasteiger partial charge in [-0.05, 0) is 6.26 Å². The predicted molar refractivity (Wildman–Crippen MR) is 61.3 cm³/mol. The summed E-state index contributed by atoms with van der Waals surface area (Å²) in [6.07, 6.45) is 3.44. The molecule has 1 atom stereocenters. The van der Waals surface area contributed by atoms with E-state index in [0.29, 0.717) is 5.75 Å². The molecule has 1 unspecified atom stereocenters. The molecule has 0 fully saturated rings. The normalized spacial score (nSPS) is 12.4. The summed E-state index contributed by atoms with van der Waals surface area (Å²) in [5, 5.41) is 10.4. The summed E-state index contributed by atoms with van der Waals surface area (Å²) in [6.45, 7) is 1.69. The highest BCUT2D eigenvalue weighted by Crippen LogP contribution is 2.21. The molecule has 0 spiro atoms. The van der Waals surface area contributed by atoms with Crippen molar-refractivity contribution in [3.63, 3.8) is 0 Å². The van der Waals surface area contributed by atoms with E-state index in [2.05, 4.69) is 9.97 Å². The van der Waals surface area contributed by atoms with Crippen molar-refractivity contribution in [1.82, 2.24) is 9.97 Å². The molecule has 15 heavy (non-hydrogen) atoms. The van der Waals surface area contributed by atoms with Gasteiger partial charge in [0.25, 0.3) is 0 Å². The lowest BCUT2D eigenvalue weighted by Crippen LogP contribution is -2.11. The maximum atomic E-state index is 10.6. The lowest BCUT2D eigenvalue weighted by molar-refractivity contribution is -0.140. The zero-order chi connectivity index (χ0) is 11.3. The van der Waals surface area contributed by atoms with Crippen LogP contribution in [0.15, 0.2) is 22.4 Å². The predicted octanol–water partition coefficient (Wildman–Crippen LogP) is 2.01. The third-order valence-corrected chi connectivity index (χ3v) is 3.56. The van der Waals surface area contributed by atoms with E-state index in [4.69, 9.17) is 5.11 Å². The molecule has 82 valence electrons. The van der Waals surface area contributed by atoms with Crippen molar-refractivity contribution in [3.8, 4) is 0 Å². The maximum absolute atomic E-state index is 10.6. The minimum atomic E-state index is -0.776. The van der Waals surface area contributed by atoms with Gasteiger partial charge in [-0.25, -0.2) is 9.97 Å². The summed E-state index contributed by atoms with van der Waals surface area (Å²) in [7, 11) is 0. The number of carboxylic acid groups (broad SMARTS) is 1. The summed E-state index contributed by atoms with van der Waals surface area (Å²) in [5.41, 5.74) is 0. The highest BCUT2D eigenvalue weighted by atomic mass is 32.2. The monoisotopic (exact) mass is 244 g/mol. The molecule has 4 nitrogen and oxygen atoms in total. The molecule has 1 aromatic rings. The molecule has 0 amide bonds. The van der Waals surface area contributed by atoms with Gasteiger partial charge in [0, 0.05) is 11.8 Å². The van der Waals surface area contributed by atoms with Gasteiger partial charge in [0.1, 0.15) is 16.4 Å². The fraction of sp³-hybridized carbons (Fsp3) is 0.444. The van der Waals surface area contributed by atoms with Gasteiger partial charge in [-0.3, -0.25) is 4.79 Å². The van der Waals surface area contributed by atoms with Crippen molar-refractivity contribution in [1.29, 1.82) is 0 Å². The van der Waals surface area contributed by atoms with Crippen molar-refractivity contribution in [2.24, 2.45) is 5.92 Å². The SMILES string of the molecule is CSc1cc(SCC(C)C(=O)O)ncn1. The first-order valence-corrected chi connectivity index (χ1v) is 6.56. The first kappa shape index (κ1) is 12.3. The molecule has 0 saturated heterocycles. The van der Waals surface area contributed by atoms with Crippen molar-refractivity contribution in [3.05, 3.63) is 12.4 Å². The molecule has 0 radical (unpaired) electrons. The van der Waals surface area contributed by atoms with E-state index in [1.165, 1.54) is 18.1 Å². The number of hydrogen-bond donors (Lipinski definition) is 1. The number of rotatable bonds is 5. The molecule has 1 rings (SSSR count). The van der Waals surface area contributed by atoms with E-state index in [-0.39, 0.29) is 5.92 Å². The fourth-order valence-corrected chi connectivity index (χ4v) is 2.13. The number of aromatic nitrogens is 2. The lowest BCUT2D eigenvalue weighted by Gasteiger charge is -2.05. The van der Waals surface area contributed by atoms with Crippen molar-refractivity contribution >= 4 is 29.5 Å². The molecular weight excluding hydrogens is 232 g/mol. The zero-order valence-electron chi connectivity index (χ0n) is 8.51. The Kier molecular flexibility index (Phi) is 4.90. The highest BCUT2D eigenvalue weighted by Gasteiger charge is 2.11. The molecule has 1 aromatic heterocycles. The third-order valence-electron chi connectivity index (χ3n) is 1.73. The van der Waals surface area contributed by atoms with Gasteiger partial charge in [-0.2, -0.15) is 0 Å². The Morgan fingerprint density at radius 3 is 2.80 bits per heavy atom. The number of aliphatic carboxylic acids is 1. The third kappa shape index (κ3) is 4.09. The smallest absolute Gasteiger partial charge is 0.307 e. The lowest BCUT2D eigenvalue weighted by atomic mass is 10.2.